The Morgan fingerprint density at radius 3 is 2.67 bits per heavy atom. The number of hydrogen-bond donors (Lipinski definition) is 1. The van der Waals surface area contributed by atoms with E-state index >= 15 is 0 Å². The van der Waals surface area contributed by atoms with Crippen LogP contribution in [0.3, 0.4) is 0 Å². The Bertz CT molecular complexity index is 764. The average molecular weight is 337 g/mol. The first kappa shape index (κ1) is 14.5. The van der Waals surface area contributed by atoms with E-state index in [0.29, 0.717) is 10.8 Å². The predicted octanol–water partition coefficient (Wildman–Crippen LogP) is 4.34. The number of nitrogens with zero attached hydrogens (tertiary/aromatic N) is 1. The maximum atomic E-state index is 11.7. The minimum Gasteiger partial charge on any atom is -0.276 e. The molecule has 0 bridgehead atoms. The first-order valence-corrected chi connectivity index (χ1v) is 9.30. The zero-order chi connectivity index (χ0) is 14.8. The predicted molar refractivity (Wildman–Crippen MR) is 90.1 cm³/mol. The molecular formula is C15H13ClN2OS2. The second kappa shape index (κ2) is 6.13. The molecule has 0 aliphatic carbocycles. The van der Waals surface area contributed by atoms with Gasteiger partial charge >= 0.3 is 0 Å². The fraction of sp³-hybridized carbons (Fsp3) is 0.133. The molecule has 2 aromatic heterocycles. The van der Waals surface area contributed by atoms with E-state index < -0.39 is 10.8 Å². The first-order chi connectivity index (χ1) is 10.1. The zero-order valence-electron chi connectivity index (χ0n) is 11.3. The van der Waals surface area contributed by atoms with Crippen LogP contribution in [0.2, 0.25) is 5.02 Å². The Morgan fingerprint density at radius 1 is 1.29 bits per heavy atom. The normalized spacial score (nSPS) is 12.5. The summed E-state index contributed by atoms with van der Waals surface area (Å²) in [7, 11) is -0.937. The third kappa shape index (κ3) is 3.10. The highest BCUT2D eigenvalue weighted by molar-refractivity contribution is 7.83. The molecule has 1 atom stereocenters. The summed E-state index contributed by atoms with van der Waals surface area (Å²) in [6.07, 6.45) is 1.71. The fourth-order valence-electron chi connectivity index (χ4n) is 2.18. The monoisotopic (exact) mass is 336 g/mol. The third-order valence-corrected chi connectivity index (χ3v) is 4.93. The standard InChI is InChI=1S/C15H13ClN2OS2/c1-21(19)9-12-14(10-4-6-11(16)7-5-10)17-18-15(12)13-3-2-8-20-13/h2-8H,9H2,1H3,(H,17,18). The Balaban J connectivity index is 2.12. The van der Waals surface area contributed by atoms with Gasteiger partial charge < -0.3 is 0 Å². The molecule has 0 spiro atoms. The number of halogens is 1. The molecule has 0 radical (unpaired) electrons. The van der Waals surface area contributed by atoms with E-state index in [0.717, 1.165) is 27.4 Å². The van der Waals surface area contributed by atoms with Crippen molar-refractivity contribution < 1.29 is 4.21 Å². The molecule has 6 heteroatoms. The molecule has 0 amide bonds. The lowest BCUT2D eigenvalue weighted by Crippen LogP contribution is -1.95. The minimum atomic E-state index is -0.937. The summed E-state index contributed by atoms with van der Waals surface area (Å²) in [4.78, 5) is 1.10. The molecular weight excluding hydrogens is 324 g/mol. The SMILES string of the molecule is CS(=O)Cc1c(-c2ccc(Cl)cc2)n[nH]c1-c1cccs1. The van der Waals surface area contributed by atoms with Crippen LogP contribution in [-0.4, -0.2) is 20.7 Å². The van der Waals surface area contributed by atoms with E-state index in [1.54, 1.807) is 17.6 Å². The van der Waals surface area contributed by atoms with Gasteiger partial charge in [-0.2, -0.15) is 5.10 Å². The van der Waals surface area contributed by atoms with Gasteiger partial charge in [-0.05, 0) is 23.6 Å². The molecule has 0 saturated heterocycles. The van der Waals surface area contributed by atoms with Crippen molar-refractivity contribution in [1.82, 2.24) is 10.2 Å². The summed E-state index contributed by atoms with van der Waals surface area (Å²) in [6.45, 7) is 0. The minimum absolute atomic E-state index is 0.474. The van der Waals surface area contributed by atoms with E-state index in [4.69, 9.17) is 11.6 Å². The summed E-state index contributed by atoms with van der Waals surface area (Å²) in [6, 6.07) is 11.6. The molecule has 3 aromatic rings. The van der Waals surface area contributed by atoms with Gasteiger partial charge in [-0.15, -0.1) is 11.3 Å². The molecule has 0 aliphatic rings. The highest BCUT2D eigenvalue weighted by atomic mass is 35.5. The van der Waals surface area contributed by atoms with E-state index in [1.165, 1.54) is 0 Å². The molecule has 2 heterocycles. The van der Waals surface area contributed by atoms with Crippen molar-refractivity contribution in [3.8, 4) is 21.8 Å². The van der Waals surface area contributed by atoms with Gasteiger partial charge in [0, 0.05) is 33.2 Å². The Kier molecular flexibility index (Phi) is 4.24. The maximum absolute atomic E-state index is 11.7. The van der Waals surface area contributed by atoms with Crippen LogP contribution in [0.15, 0.2) is 41.8 Å². The van der Waals surface area contributed by atoms with Crippen molar-refractivity contribution in [2.45, 2.75) is 5.75 Å². The van der Waals surface area contributed by atoms with Crippen LogP contribution in [0, 0.1) is 0 Å². The molecule has 1 unspecified atom stereocenters. The number of thiophene rings is 1. The van der Waals surface area contributed by atoms with Crippen molar-refractivity contribution in [3.05, 3.63) is 52.4 Å². The number of rotatable bonds is 4. The maximum Gasteiger partial charge on any atom is 0.0968 e. The number of H-pyrrole nitrogens is 1. The number of benzene rings is 1. The van der Waals surface area contributed by atoms with Crippen LogP contribution in [0.1, 0.15) is 5.56 Å². The first-order valence-electron chi connectivity index (χ1n) is 6.32. The summed E-state index contributed by atoms with van der Waals surface area (Å²) < 4.78 is 11.7. The van der Waals surface area contributed by atoms with Crippen molar-refractivity contribution in [2.75, 3.05) is 6.26 Å². The molecule has 1 N–H and O–H groups in total. The molecule has 108 valence electrons. The van der Waals surface area contributed by atoms with Crippen molar-refractivity contribution >= 4 is 33.7 Å². The number of aromatic amines is 1. The Hall–Kier alpha value is -1.43. The van der Waals surface area contributed by atoms with Gasteiger partial charge in [0.05, 0.1) is 22.0 Å². The van der Waals surface area contributed by atoms with Crippen molar-refractivity contribution in [3.63, 3.8) is 0 Å². The molecule has 0 fully saturated rings. The van der Waals surface area contributed by atoms with Gasteiger partial charge in [-0.25, -0.2) is 0 Å². The molecule has 3 nitrogen and oxygen atoms in total. The van der Waals surface area contributed by atoms with Gasteiger partial charge in [0.2, 0.25) is 0 Å². The summed E-state index contributed by atoms with van der Waals surface area (Å²) >= 11 is 7.57. The highest BCUT2D eigenvalue weighted by Gasteiger charge is 2.17. The van der Waals surface area contributed by atoms with E-state index in [9.17, 15) is 4.21 Å². The summed E-state index contributed by atoms with van der Waals surface area (Å²) in [5, 5.41) is 10.2. The third-order valence-electron chi connectivity index (χ3n) is 3.10. The number of aromatic nitrogens is 2. The lowest BCUT2D eigenvalue weighted by atomic mass is 10.1. The number of hydrogen-bond acceptors (Lipinski definition) is 3. The lowest BCUT2D eigenvalue weighted by molar-refractivity contribution is 0.686. The van der Waals surface area contributed by atoms with Crippen LogP contribution in [-0.2, 0) is 16.6 Å². The zero-order valence-corrected chi connectivity index (χ0v) is 13.7. The average Bonchev–Trinajstić information content (AvgIpc) is 3.08. The Morgan fingerprint density at radius 2 is 2.05 bits per heavy atom. The highest BCUT2D eigenvalue weighted by Crippen LogP contribution is 2.33. The lowest BCUT2D eigenvalue weighted by Gasteiger charge is -2.04. The Labute approximate surface area is 134 Å². The quantitative estimate of drug-likeness (QED) is 0.770. The van der Waals surface area contributed by atoms with Gasteiger partial charge in [-0.3, -0.25) is 9.31 Å². The van der Waals surface area contributed by atoms with Gasteiger partial charge in [0.25, 0.3) is 0 Å². The topological polar surface area (TPSA) is 45.8 Å². The van der Waals surface area contributed by atoms with Gasteiger partial charge in [0.1, 0.15) is 0 Å². The smallest absolute Gasteiger partial charge is 0.0968 e. The van der Waals surface area contributed by atoms with Crippen LogP contribution in [0.5, 0.6) is 0 Å². The van der Waals surface area contributed by atoms with Gasteiger partial charge in [-0.1, -0.05) is 29.8 Å². The van der Waals surface area contributed by atoms with Crippen molar-refractivity contribution in [2.24, 2.45) is 0 Å². The molecule has 1 aromatic carbocycles. The largest absolute Gasteiger partial charge is 0.276 e. The van der Waals surface area contributed by atoms with E-state index in [2.05, 4.69) is 10.2 Å². The number of nitrogens with one attached hydrogen (secondary N) is 1. The van der Waals surface area contributed by atoms with Crippen molar-refractivity contribution in [1.29, 1.82) is 0 Å². The van der Waals surface area contributed by atoms with Crippen LogP contribution in [0.4, 0.5) is 0 Å². The van der Waals surface area contributed by atoms with Crippen LogP contribution < -0.4 is 0 Å². The van der Waals surface area contributed by atoms with Crippen LogP contribution in [0.25, 0.3) is 21.8 Å². The molecule has 0 aliphatic heterocycles. The molecule has 21 heavy (non-hydrogen) atoms. The van der Waals surface area contributed by atoms with Crippen LogP contribution >= 0.6 is 22.9 Å². The van der Waals surface area contributed by atoms with E-state index in [-0.39, 0.29) is 0 Å². The van der Waals surface area contributed by atoms with E-state index in [1.807, 2.05) is 41.8 Å². The second-order valence-corrected chi connectivity index (χ2v) is 7.45. The summed E-state index contributed by atoms with van der Waals surface area (Å²) in [5.74, 6) is 0.474. The summed E-state index contributed by atoms with van der Waals surface area (Å²) in [5.41, 5.74) is 3.75. The second-order valence-electron chi connectivity index (χ2n) is 4.63. The fourth-order valence-corrected chi connectivity index (χ4v) is 3.74. The molecule has 0 saturated carbocycles. The molecule has 3 rings (SSSR count). The van der Waals surface area contributed by atoms with Gasteiger partial charge in [0.15, 0.2) is 0 Å².